The molecule has 0 radical (unpaired) electrons. The molecule has 0 aliphatic heterocycles. The number of phenolic OH excluding ortho intramolecular Hbond substituents is 1. The Morgan fingerprint density at radius 1 is 0.850 bits per heavy atom. The molecule has 0 unspecified atom stereocenters. The highest BCUT2D eigenvalue weighted by Crippen LogP contribution is 2.35. The molecule has 3 nitrogen and oxygen atoms in total. The first kappa shape index (κ1) is 13.2. The van der Waals surface area contributed by atoms with E-state index in [0.29, 0.717) is 16.2 Å². The largest absolute Gasteiger partial charge is 0.508 e. The van der Waals surface area contributed by atoms with Gasteiger partial charge in [0.15, 0.2) is 0 Å². The van der Waals surface area contributed by atoms with Crippen LogP contribution in [0, 0.1) is 0 Å². The van der Waals surface area contributed by atoms with Gasteiger partial charge in [0.05, 0.1) is 9.79 Å². The Balaban J connectivity index is 2.21. The van der Waals surface area contributed by atoms with Crippen LogP contribution in [0.25, 0.3) is 0 Å². The first-order chi connectivity index (χ1) is 9.60. The van der Waals surface area contributed by atoms with E-state index in [1.807, 2.05) is 0 Å². The molecule has 0 heterocycles. The number of sulfone groups is 1. The molecule has 0 fully saturated rings. The van der Waals surface area contributed by atoms with Crippen molar-refractivity contribution in [2.75, 3.05) is 0 Å². The van der Waals surface area contributed by atoms with E-state index in [1.165, 1.54) is 12.1 Å². The summed E-state index contributed by atoms with van der Waals surface area (Å²) in [6.45, 7) is 0. The third-order valence-electron chi connectivity index (χ3n) is 3.81. The fourth-order valence-electron chi connectivity index (χ4n) is 2.79. The Kier molecular flexibility index (Phi) is 3.26. The van der Waals surface area contributed by atoms with Crippen molar-refractivity contribution >= 4 is 9.84 Å². The molecule has 1 aliphatic carbocycles. The Bertz CT molecular complexity index is 734. The van der Waals surface area contributed by atoms with Crippen LogP contribution in [0.1, 0.15) is 24.0 Å². The van der Waals surface area contributed by atoms with Crippen LogP contribution in [-0.4, -0.2) is 13.5 Å². The maximum Gasteiger partial charge on any atom is 0.206 e. The molecule has 1 N–H and O–H groups in total. The van der Waals surface area contributed by atoms with Gasteiger partial charge in [0, 0.05) is 0 Å². The second kappa shape index (κ2) is 4.94. The van der Waals surface area contributed by atoms with Crippen LogP contribution in [0.5, 0.6) is 5.75 Å². The number of hydrogen-bond acceptors (Lipinski definition) is 3. The van der Waals surface area contributed by atoms with E-state index in [2.05, 4.69) is 0 Å². The number of hydrogen-bond donors (Lipinski definition) is 1. The fraction of sp³-hybridized carbons (Fsp3) is 0.250. The summed E-state index contributed by atoms with van der Waals surface area (Å²) in [5.41, 5.74) is 1.59. The Labute approximate surface area is 118 Å². The summed E-state index contributed by atoms with van der Waals surface area (Å²) in [4.78, 5) is 0.648. The first-order valence-electron chi connectivity index (χ1n) is 6.74. The van der Waals surface area contributed by atoms with Crippen LogP contribution >= 0.6 is 0 Å². The van der Waals surface area contributed by atoms with Crippen molar-refractivity contribution in [2.45, 2.75) is 35.5 Å². The minimum absolute atomic E-state index is 0.215. The summed E-state index contributed by atoms with van der Waals surface area (Å²) in [7, 11) is -3.51. The summed E-state index contributed by atoms with van der Waals surface area (Å²) in [5.74, 6) is 0.215. The van der Waals surface area contributed by atoms with Crippen molar-refractivity contribution in [2.24, 2.45) is 0 Å². The van der Waals surface area contributed by atoms with Crippen molar-refractivity contribution < 1.29 is 13.5 Å². The predicted molar refractivity (Wildman–Crippen MR) is 76.6 cm³/mol. The van der Waals surface area contributed by atoms with Crippen LogP contribution in [0.15, 0.2) is 52.3 Å². The molecule has 0 saturated heterocycles. The number of aromatic hydroxyl groups is 1. The molecule has 2 aromatic carbocycles. The SMILES string of the molecule is O=S(=O)(c1ccccc1)c1ccc(O)c2c1CCCC2. The second-order valence-corrected chi connectivity index (χ2v) is 6.98. The van der Waals surface area contributed by atoms with E-state index < -0.39 is 9.84 Å². The summed E-state index contributed by atoms with van der Waals surface area (Å²) in [6, 6.07) is 11.5. The molecule has 0 bridgehead atoms. The molecule has 104 valence electrons. The Hall–Kier alpha value is -1.81. The van der Waals surface area contributed by atoms with E-state index in [1.54, 1.807) is 30.3 Å². The van der Waals surface area contributed by atoms with Crippen LogP contribution < -0.4 is 0 Å². The molecule has 0 amide bonds. The lowest BCUT2D eigenvalue weighted by Crippen LogP contribution is -2.11. The normalized spacial score (nSPS) is 14.8. The number of phenols is 1. The minimum atomic E-state index is -3.51. The molecular weight excluding hydrogens is 272 g/mol. The average molecular weight is 288 g/mol. The highest BCUT2D eigenvalue weighted by molar-refractivity contribution is 7.91. The molecule has 1 aliphatic rings. The molecule has 0 aromatic heterocycles. The Morgan fingerprint density at radius 3 is 2.20 bits per heavy atom. The molecule has 4 heteroatoms. The molecular formula is C16H16O3S. The lowest BCUT2D eigenvalue weighted by atomic mass is 9.91. The maximum absolute atomic E-state index is 12.7. The van der Waals surface area contributed by atoms with Gasteiger partial charge in [-0.15, -0.1) is 0 Å². The van der Waals surface area contributed by atoms with Gasteiger partial charge in [-0.05, 0) is 61.1 Å². The van der Waals surface area contributed by atoms with Gasteiger partial charge in [-0.1, -0.05) is 18.2 Å². The molecule has 2 aromatic rings. The summed E-state index contributed by atoms with van der Waals surface area (Å²) in [5, 5.41) is 9.92. The Morgan fingerprint density at radius 2 is 1.50 bits per heavy atom. The van der Waals surface area contributed by atoms with Crippen LogP contribution in [-0.2, 0) is 22.7 Å². The van der Waals surface area contributed by atoms with Crippen molar-refractivity contribution in [3.05, 3.63) is 53.6 Å². The quantitative estimate of drug-likeness (QED) is 0.924. The van der Waals surface area contributed by atoms with E-state index in [0.717, 1.165) is 30.4 Å². The van der Waals surface area contributed by atoms with Gasteiger partial charge in [-0.25, -0.2) is 8.42 Å². The predicted octanol–water partition coefficient (Wildman–Crippen LogP) is 3.10. The highest BCUT2D eigenvalue weighted by atomic mass is 32.2. The lowest BCUT2D eigenvalue weighted by Gasteiger charge is -2.20. The summed E-state index contributed by atoms with van der Waals surface area (Å²) >= 11 is 0. The van der Waals surface area contributed by atoms with Crippen molar-refractivity contribution in [1.82, 2.24) is 0 Å². The van der Waals surface area contributed by atoms with Gasteiger partial charge >= 0.3 is 0 Å². The second-order valence-electron chi connectivity index (χ2n) is 5.06. The summed E-state index contributed by atoms with van der Waals surface area (Å²) in [6.07, 6.45) is 3.42. The smallest absolute Gasteiger partial charge is 0.206 e. The maximum atomic E-state index is 12.7. The van der Waals surface area contributed by atoms with Gasteiger partial charge in [0.2, 0.25) is 9.84 Å². The van der Waals surface area contributed by atoms with Gasteiger partial charge in [-0.3, -0.25) is 0 Å². The zero-order chi connectivity index (χ0) is 14.2. The number of fused-ring (bicyclic) bond motifs is 1. The standard InChI is InChI=1S/C16H16O3S/c17-15-10-11-16(14-9-5-4-8-13(14)15)20(18,19)12-6-2-1-3-7-12/h1-3,6-7,10-11,17H,4-5,8-9H2. The van der Waals surface area contributed by atoms with Crippen molar-refractivity contribution in [3.63, 3.8) is 0 Å². The fourth-order valence-corrected chi connectivity index (χ4v) is 4.36. The number of benzene rings is 2. The monoisotopic (exact) mass is 288 g/mol. The number of rotatable bonds is 2. The van der Waals surface area contributed by atoms with E-state index >= 15 is 0 Å². The van der Waals surface area contributed by atoms with Gasteiger partial charge < -0.3 is 5.11 Å². The lowest BCUT2D eigenvalue weighted by molar-refractivity contribution is 0.460. The third-order valence-corrected chi connectivity index (χ3v) is 5.66. The molecule has 0 spiro atoms. The molecule has 0 atom stereocenters. The van der Waals surface area contributed by atoms with Crippen molar-refractivity contribution in [3.8, 4) is 5.75 Å². The zero-order valence-corrected chi connectivity index (χ0v) is 11.9. The van der Waals surface area contributed by atoms with E-state index in [-0.39, 0.29) is 5.75 Å². The van der Waals surface area contributed by atoms with Crippen LogP contribution in [0.4, 0.5) is 0 Å². The van der Waals surface area contributed by atoms with Crippen LogP contribution in [0.2, 0.25) is 0 Å². The van der Waals surface area contributed by atoms with E-state index in [4.69, 9.17) is 0 Å². The van der Waals surface area contributed by atoms with E-state index in [9.17, 15) is 13.5 Å². The summed E-state index contributed by atoms with van der Waals surface area (Å²) < 4.78 is 25.5. The molecule has 0 saturated carbocycles. The highest BCUT2D eigenvalue weighted by Gasteiger charge is 2.25. The minimum Gasteiger partial charge on any atom is -0.508 e. The van der Waals surface area contributed by atoms with Gasteiger partial charge in [-0.2, -0.15) is 0 Å². The molecule has 3 rings (SSSR count). The zero-order valence-electron chi connectivity index (χ0n) is 11.0. The third kappa shape index (κ3) is 2.10. The van der Waals surface area contributed by atoms with Crippen molar-refractivity contribution in [1.29, 1.82) is 0 Å². The first-order valence-corrected chi connectivity index (χ1v) is 8.23. The molecule has 20 heavy (non-hydrogen) atoms. The van der Waals surface area contributed by atoms with Gasteiger partial charge in [0.25, 0.3) is 0 Å². The van der Waals surface area contributed by atoms with Gasteiger partial charge in [0.1, 0.15) is 5.75 Å². The topological polar surface area (TPSA) is 54.4 Å². The van der Waals surface area contributed by atoms with Crippen LogP contribution in [0.3, 0.4) is 0 Å². The average Bonchev–Trinajstić information content (AvgIpc) is 2.48.